The molecule has 0 unspecified atom stereocenters. The number of aryl methyl sites for hydroxylation is 2. The molecule has 0 saturated heterocycles. The Balaban J connectivity index is 0.00000385. The van der Waals surface area contributed by atoms with Gasteiger partial charge >= 0.3 is 0 Å². The fourth-order valence-electron chi connectivity index (χ4n) is 3.51. The second-order valence-corrected chi connectivity index (χ2v) is 7.36. The monoisotopic (exact) mass is 567 g/mol. The van der Waals surface area contributed by atoms with E-state index in [9.17, 15) is 0 Å². The molecule has 180 valence electrons. The van der Waals surface area contributed by atoms with Crippen molar-refractivity contribution in [1.29, 1.82) is 0 Å². The Morgan fingerprint density at radius 2 is 1.79 bits per heavy atom. The van der Waals surface area contributed by atoms with Crippen molar-refractivity contribution < 1.29 is 13.9 Å². The number of aliphatic imine (C=N–C) groups is 1. The predicted molar refractivity (Wildman–Crippen MR) is 141 cm³/mol. The minimum atomic E-state index is 0. The molecule has 8 nitrogen and oxygen atoms in total. The zero-order valence-corrected chi connectivity index (χ0v) is 22.1. The van der Waals surface area contributed by atoms with Crippen LogP contribution in [0, 0.1) is 0 Å². The van der Waals surface area contributed by atoms with Crippen molar-refractivity contribution >= 4 is 29.9 Å². The van der Waals surface area contributed by atoms with E-state index in [4.69, 9.17) is 18.9 Å². The van der Waals surface area contributed by atoms with Gasteiger partial charge in [-0.15, -0.1) is 24.0 Å². The van der Waals surface area contributed by atoms with Crippen LogP contribution in [0.2, 0.25) is 0 Å². The Hall–Kier alpha value is -2.69. The lowest BCUT2D eigenvalue weighted by atomic mass is 10.1. The lowest BCUT2D eigenvalue weighted by Gasteiger charge is -2.13. The van der Waals surface area contributed by atoms with Crippen LogP contribution >= 0.6 is 24.0 Å². The lowest BCUT2D eigenvalue weighted by Crippen LogP contribution is -2.39. The van der Waals surface area contributed by atoms with Gasteiger partial charge in [-0.05, 0) is 42.7 Å². The van der Waals surface area contributed by atoms with Gasteiger partial charge in [-0.1, -0.05) is 19.1 Å². The van der Waals surface area contributed by atoms with Crippen LogP contribution in [-0.4, -0.2) is 43.0 Å². The van der Waals surface area contributed by atoms with Crippen molar-refractivity contribution in [2.75, 3.05) is 27.3 Å². The molecule has 0 amide bonds. The maximum Gasteiger partial charge on any atom is 0.216 e. The van der Waals surface area contributed by atoms with Gasteiger partial charge in [-0.2, -0.15) is 5.10 Å². The molecule has 2 N–H and O–H groups in total. The first-order chi connectivity index (χ1) is 15.6. The molecule has 0 aliphatic heterocycles. The van der Waals surface area contributed by atoms with Gasteiger partial charge in [-0.3, -0.25) is 0 Å². The fourth-order valence-corrected chi connectivity index (χ4v) is 3.51. The van der Waals surface area contributed by atoms with E-state index < -0.39 is 0 Å². The molecule has 0 aliphatic rings. The van der Waals surface area contributed by atoms with Crippen LogP contribution in [0.25, 0.3) is 0 Å². The van der Waals surface area contributed by atoms with Gasteiger partial charge in [0.05, 0.1) is 38.3 Å². The van der Waals surface area contributed by atoms with Gasteiger partial charge in [0, 0.05) is 26.6 Å². The third-order valence-corrected chi connectivity index (χ3v) is 5.20. The molecular formula is C24H34IN5O3. The van der Waals surface area contributed by atoms with Crippen molar-refractivity contribution in [3.63, 3.8) is 0 Å². The lowest BCUT2D eigenvalue weighted by molar-refractivity contribution is 0.369. The van der Waals surface area contributed by atoms with E-state index in [0.717, 1.165) is 60.4 Å². The van der Waals surface area contributed by atoms with E-state index in [1.807, 2.05) is 31.3 Å². The second-order valence-electron chi connectivity index (χ2n) is 7.36. The van der Waals surface area contributed by atoms with Crippen molar-refractivity contribution in [2.45, 2.75) is 32.7 Å². The average molecular weight is 567 g/mol. The Morgan fingerprint density at radius 3 is 2.39 bits per heavy atom. The smallest absolute Gasteiger partial charge is 0.216 e. The van der Waals surface area contributed by atoms with Gasteiger partial charge in [-0.25, -0.2) is 9.67 Å². The second kappa shape index (κ2) is 13.8. The van der Waals surface area contributed by atoms with Gasteiger partial charge in [0.2, 0.25) is 5.88 Å². The Bertz CT molecular complexity index is 984. The molecular weight excluding hydrogens is 533 g/mol. The number of nitrogens with one attached hydrogen (secondary N) is 2. The highest BCUT2D eigenvalue weighted by Gasteiger charge is 2.15. The molecule has 0 spiro atoms. The van der Waals surface area contributed by atoms with Crippen molar-refractivity contribution in [3.05, 3.63) is 65.2 Å². The van der Waals surface area contributed by atoms with Gasteiger partial charge in [0.1, 0.15) is 11.5 Å². The summed E-state index contributed by atoms with van der Waals surface area (Å²) < 4.78 is 18.0. The number of nitrogens with zero attached hydrogens (tertiary/aromatic N) is 3. The summed E-state index contributed by atoms with van der Waals surface area (Å²) in [6.45, 7) is 4.04. The quantitative estimate of drug-likeness (QED) is 0.209. The van der Waals surface area contributed by atoms with Crippen LogP contribution in [0.5, 0.6) is 11.6 Å². The van der Waals surface area contributed by atoms with E-state index in [2.05, 4.69) is 34.8 Å². The zero-order chi connectivity index (χ0) is 22.8. The van der Waals surface area contributed by atoms with Gasteiger partial charge < -0.3 is 24.5 Å². The highest BCUT2D eigenvalue weighted by Crippen LogP contribution is 2.22. The van der Waals surface area contributed by atoms with E-state index in [0.29, 0.717) is 13.1 Å². The average Bonchev–Trinajstić information content (AvgIpc) is 3.44. The number of hydrogen-bond acceptors (Lipinski definition) is 5. The molecule has 9 heteroatoms. The molecule has 2 heterocycles. The van der Waals surface area contributed by atoms with Crippen molar-refractivity contribution in [2.24, 2.45) is 12.0 Å². The number of rotatable bonds is 11. The number of aromatic nitrogens is 2. The number of guanidine groups is 1. The largest absolute Gasteiger partial charge is 0.497 e. The van der Waals surface area contributed by atoms with E-state index in [1.165, 1.54) is 5.56 Å². The van der Waals surface area contributed by atoms with Crippen LogP contribution < -0.4 is 20.1 Å². The summed E-state index contributed by atoms with van der Waals surface area (Å²) in [5, 5.41) is 11.4. The number of halogens is 1. The summed E-state index contributed by atoms with van der Waals surface area (Å²) in [5.74, 6) is 3.30. The molecule has 0 bridgehead atoms. The summed E-state index contributed by atoms with van der Waals surface area (Å²) in [7, 11) is 5.23. The molecule has 0 atom stereocenters. The Kier molecular flexibility index (Phi) is 11.1. The fraction of sp³-hybridized carbons (Fsp3) is 0.417. The van der Waals surface area contributed by atoms with Crippen LogP contribution in [-0.2, 0) is 32.9 Å². The number of furan rings is 1. The van der Waals surface area contributed by atoms with E-state index >= 15 is 0 Å². The SMILES string of the molecule is CCc1nn(C)c(OC)c1CN=C(NCCc1ccc(OC)cc1)NCCc1ccco1.I. The van der Waals surface area contributed by atoms with Crippen molar-refractivity contribution in [1.82, 2.24) is 20.4 Å². The molecule has 0 aliphatic carbocycles. The molecule has 0 fully saturated rings. The molecule has 3 aromatic rings. The maximum absolute atomic E-state index is 5.55. The highest BCUT2D eigenvalue weighted by atomic mass is 127. The summed E-state index contributed by atoms with van der Waals surface area (Å²) in [6, 6.07) is 12.0. The Morgan fingerprint density at radius 1 is 1.06 bits per heavy atom. The topological polar surface area (TPSA) is 85.8 Å². The summed E-state index contributed by atoms with van der Waals surface area (Å²) in [4.78, 5) is 4.81. The third kappa shape index (κ3) is 7.69. The van der Waals surface area contributed by atoms with Crippen LogP contribution in [0.15, 0.2) is 52.1 Å². The zero-order valence-electron chi connectivity index (χ0n) is 19.8. The van der Waals surface area contributed by atoms with Gasteiger partial charge in [0.15, 0.2) is 5.96 Å². The number of ether oxygens (including phenoxy) is 2. The Labute approximate surface area is 212 Å². The summed E-state index contributed by atoms with van der Waals surface area (Å²) >= 11 is 0. The number of methoxy groups -OCH3 is 2. The van der Waals surface area contributed by atoms with Crippen molar-refractivity contribution in [3.8, 4) is 11.6 Å². The maximum atomic E-state index is 5.55. The minimum absolute atomic E-state index is 0. The summed E-state index contributed by atoms with van der Waals surface area (Å²) in [5.41, 5.74) is 3.25. The molecule has 3 rings (SSSR count). The van der Waals surface area contributed by atoms with Gasteiger partial charge in [0.25, 0.3) is 0 Å². The number of hydrogen-bond donors (Lipinski definition) is 2. The first kappa shape index (κ1) is 26.6. The standard InChI is InChI=1S/C24H33N5O3.HI/c1-5-22-21(23(31-4)29(2)28-22)17-27-24(26-15-13-20-7-6-16-32-20)25-14-12-18-8-10-19(30-3)11-9-18;/h6-11,16H,5,12-15,17H2,1-4H3,(H2,25,26,27);1H. The van der Waals surface area contributed by atoms with E-state index in [-0.39, 0.29) is 24.0 Å². The van der Waals surface area contributed by atoms with Crippen LogP contribution in [0.3, 0.4) is 0 Å². The highest BCUT2D eigenvalue weighted by molar-refractivity contribution is 14.0. The molecule has 0 saturated carbocycles. The minimum Gasteiger partial charge on any atom is -0.497 e. The van der Waals surface area contributed by atoms with Crippen LogP contribution in [0.4, 0.5) is 0 Å². The molecule has 0 radical (unpaired) electrons. The first-order valence-corrected chi connectivity index (χ1v) is 10.9. The predicted octanol–water partition coefficient (Wildman–Crippen LogP) is 3.73. The normalized spacial score (nSPS) is 11.1. The molecule has 1 aromatic carbocycles. The number of benzene rings is 1. The molecule has 2 aromatic heterocycles. The third-order valence-electron chi connectivity index (χ3n) is 5.20. The molecule has 33 heavy (non-hydrogen) atoms. The first-order valence-electron chi connectivity index (χ1n) is 10.9. The summed E-state index contributed by atoms with van der Waals surface area (Å²) in [6.07, 6.45) is 4.18. The van der Waals surface area contributed by atoms with E-state index in [1.54, 1.807) is 25.2 Å². The van der Waals surface area contributed by atoms with Crippen LogP contribution in [0.1, 0.15) is 29.5 Å².